The predicted octanol–water partition coefficient (Wildman–Crippen LogP) is 0.604. The summed E-state index contributed by atoms with van der Waals surface area (Å²) in [6.07, 6.45) is 2.56. The number of rotatable bonds is 23. The molecule has 0 spiro atoms. The molecule has 1 aliphatic heterocycles. The summed E-state index contributed by atoms with van der Waals surface area (Å²) in [6.45, 7) is 7.53. The van der Waals surface area contributed by atoms with E-state index in [1.807, 2.05) is 11.8 Å². The van der Waals surface area contributed by atoms with Crippen LogP contribution >= 0.6 is 0 Å². The second-order valence-corrected chi connectivity index (χ2v) is 12.8. The Labute approximate surface area is 314 Å². The van der Waals surface area contributed by atoms with Crippen LogP contribution in [0.4, 0.5) is 0 Å². The number of H-pyrrole nitrogens is 1. The number of amides is 3. The lowest BCUT2D eigenvalue weighted by Crippen LogP contribution is -2.53. The molecule has 0 radical (unpaired) electrons. The lowest BCUT2D eigenvalue weighted by molar-refractivity contribution is -0.135. The molecule has 17 nitrogen and oxygen atoms in total. The highest BCUT2D eigenvalue weighted by Crippen LogP contribution is 2.24. The maximum Gasteiger partial charge on any atom is 0.331 e. The third kappa shape index (κ3) is 12.8. The molecular weight excluding hydrogens is 700 g/mol. The summed E-state index contributed by atoms with van der Waals surface area (Å²) in [5.74, 6) is -0.281. The highest BCUT2D eigenvalue weighted by Gasteiger charge is 2.23. The van der Waals surface area contributed by atoms with E-state index in [4.69, 9.17) is 24.2 Å². The normalized spacial score (nSPS) is 13.2. The molecule has 4 rings (SSSR count). The van der Waals surface area contributed by atoms with Crippen LogP contribution in [-0.4, -0.2) is 134 Å². The van der Waals surface area contributed by atoms with E-state index in [1.165, 1.54) is 9.13 Å². The number of hydrogen-bond acceptors (Lipinski definition) is 11. The lowest BCUT2D eigenvalue weighted by Gasteiger charge is -2.34. The van der Waals surface area contributed by atoms with Crippen molar-refractivity contribution in [3.63, 3.8) is 0 Å². The fraction of sp³-hybridized carbons (Fsp3) is 0.568. The van der Waals surface area contributed by atoms with Crippen LogP contribution in [0.5, 0.6) is 5.75 Å². The molecule has 3 heterocycles. The van der Waals surface area contributed by atoms with Gasteiger partial charge >= 0.3 is 5.69 Å². The molecule has 0 bridgehead atoms. The second kappa shape index (κ2) is 22.3. The smallest absolute Gasteiger partial charge is 0.331 e. The van der Waals surface area contributed by atoms with Crippen molar-refractivity contribution >= 4 is 28.8 Å². The number of fused-ring (bicyclic) bond motifs is 1. The molecule has 294 valence electrons. The fourth-order valence-corrected chi connectivity index (χ4v) is 5.78. The first-order chi connectivity index (χ1) is 26.2. The number of benzene rings is 1. The summed E-state index contributed by atoms with van der Waals surface area (Å²) >= 11 is 0. The molecule has 2 aromatic heterocycles. The Kier molecular flexibility index (Phi) is 17.2. The van der Waals surface area contributed by atoms with Crippen molar-refractivity contribution in [3.05, 3.63) is 51.2 Å². The van der Waals surface area contributed by atoms with E-state index in [2.05, 4.69) is 21.7 Å². The van der Waals surface area contributed by atoms with Gasteiger partial charge < -0.3 is 39.5 Å². The van der Waals surface area contributed by atoms with Gasteiger partial charge in [0.25, 0.3) is 11.5 Å². The van der Waals surface area contributed by atoms with Crippen LogP contribution in [0, 0.1) is 11.3 Å². The summed E-state index contributed by atoms with van der Waals surface area (Å²) < 4.78 is 24.6. The molecule has 3 aromatic rings. The largest absolute Gasteiger partial charge is 0.484 e. The molecule has 1 saturated heterocycles. The van der Waals surface area contributed by atoms with Crippen LogP contribution in [0.25, 0.3) is 22.3 Å². The first-order valence-corrected chi connectivity index (χ1v) is 18.4. The fourth-order valence-electron chi connectivity index (χ4n) is 5.78. The Balaban J connectivity index is 1.05. The van der Waals surface area contributed by atoms with Gasteiger partial charge in [0.05, 0.1) is 51.1 Å². The highest BCUT2D eigenvalue weighted by atomic mass is 16.5. The number of aromatic nitrogens is 3. The van der Waals surface area contributed by atoms with Crippen molar-refractivity contribution in [1.82, 2.24) is 34.6 Å². The van der Waals surface area contributed by atoms with Crippen molar-refractivity contribution in [3.8, 4) is 23.1 Å². The van der Waals surface area contributed by atoms with Crippen LogP contribution in [0.2, 0.25) is 0 Å². The van der Waals surface area contributed by atoms with Gasteiger partial charge in [-0.2, -0.15) is 5.26 Å². The summed E-state index contributed by atoms with van der Waals surface area (Å²) in [4.78, 5) is 69.8. The number of ether oxygens (including phenoxy) is 4. The van der Waals surface area contributed by atoms with Gasteiger partial charge in [0.1, 0.15) is 11.3 Å². The topological polar surface area (TPSA) is 202 Å². The number of aromatic amines is 1. The van der Waals surface area contributed by atoms with E-state index in [0.717, 1.165) is 12.0 Å². The first-order valence-electron chi connectivity index (χ1n) is 18.4. The van der Waals surface area contributed by atoms with E-state index in [-0.39, 0.29) is 42.8 Å². The molecule has 0 aliphatic carbocycles. The molecule has 0 saturated carbocycles. The van der Waals surface area contributed by atoms with Gasteiger partial charge in [-0.1, -0.05) is 6.92 Å². The summed E-state index contributed by atoms with van der Waals surface area (Å²) in [5.41, 5.74) is 1.59. The van der Waals surface area contributed by atoms with Crippen LogP contribution in [0.1, 0.15) is 32.6 Å². The lowest BCUT2D eigenvalue weighted by atomic mass is 10.1. The van der Waals surface area contributed by atoms with E-state index < -0.39 is 5.91 Å². The van der Waals surface area contributed by atoms with E-state index in [0.29, 0.717) is 121 Å². The maximum absolute atomic E-state index is 12.9. The Morgan fingerprint density at radius 2 is 1.56 bits per heavy atom. The summed E-state index contributed by atoms with van der Waals surface area (Å²) in [7, 11) is 1.64. The van der Waals surface area contributed by atoms with Crippen LogP contribution in [0.15, 0.2) is 39.9 Å². The number of nitrogens with zero attached hydrogens (tertiary/aromatic N) is 5. The predicted molar refractivity (Wildman–Crippen MR) is 200 cm³/mol. The minimum absolute atomic E-state index is 0.0846. The molecule has 1 aliphatic rings. The molecule has 3 amide bonds. The van der Waals surface area contributed by atoms with Gasteiger partial charge in [-0.3, -0.25) is 33.2 Å². The molecule has 0 atom stereocenters. The number of carbonyl (C=O) groups excluding carboxylic acids is 3. The zero-order chi connectivity index (χ0) is 38.7. The standard InChI is InChI=1S/C37H52N8O9/c1-3-13-45-36(49)35-31(42(2)37(45)50)24-30(41-35)28-7-9-29(10-8-28)54-27-33(47)40-25-34(48)44-16-14-43(15-17-44)26-32(46)39-12-6-19-52-21-23-53-22-20-51-18-5-4-11-38/h7-10,24,41H,3-6,12-23,25-27H2,1-2H3,(H,39,46)(H,40,47). The molecular formula is C37H52N8O9. The van der Waals surface area contributed by atoms with Crippen molar-refractivity contribution in [2.45, 2.75) is 39.2 Å². The van der Waals surface area contributed by atoms with Gasteiger partial charge in [-0.05, 0) is 55.2 Å². The highest BCUT2D eigenvalue weighted by molar-refractivity contribution is 5.85. The molecule has 54 heavy (non-hydrogen) atoms. The van der Waals surface area contributed by atoms with Gasteiger partial charge in [0.2, 0.25) is 11.8 Å². The molecule has 3 N–H and O–H groups in total. The average molecular weight is 753 g/mol. The third-order valence-corrected chi connectivity index (χ3v) is 8.76. The van der Waals surface area contributed by atoms with Crippen molar-refractivity contribution in [2.24, 2.45) is 7.05 Å². The third-order valence-electron chi connectivity index (χ3n) is 8.76. The van der Waals surface area contributed by atoms with Crippen LogP contribution in [0.3, 0.4) is 0 Å². The number of piperazine rings is 1. The number of unbranched alkanes of at least 4 members (excludes halogenated alkanes) is 1. The quantitative estimate of drug-likeness (QED) is 0.115. The number of nitrogens with one attached hydrogen (secondary N) is 3. The molecule has 1 aromatic carbocycles. The Hall–Kier alpha value is -5.02. The second-order valence-electron chi connectivity index (χ2n) is 12.8. The molecule has 0 unspecified atom stereocenters. The SMILES string of the molecule is CCCn1c(=O)c2[nH]c(-c3ccc(OCC(=O)NCC(=O)N4CCN(CC(=O)NCCCOCCOCCOCCCC#N)CC4)cc3)cc2n(C)c1=O. The summed E-state index contributed by atoms with van der Waals surface area (Å²) in [5, 5.41) is 14.0. The van der Waals surface area contributed by atoms with E-state index in [9.17, 15) is 24.0 Å². The van der Waals surface area contributed by atoms with E-state index >= 15 is 0 Å². The maximum atomic E-state index is 12.9. The number of carbonyl (C=O) groups is 3. The van der Waals surface area contributed by atoms with Crippen LogP contribution < -0.4 is 26.6 Å². The Morgan fingerprint density at radius 3 is 2.22 bits per heavy atom. The van der Waals surface area contributed by atoms with Crippen molar-refractivity contribution in [2.75, 3.05) is 92.1 Å². The molecule has 17 heteroatoms. The monoisotopic (exact) mass is 752 g/mol. The zero-order valence-corrected chi connectivity index (χ0v) is 31.2. The van der Waals surface area contributed by atoms with Crippen LogP contribution in [-0.2, 0) is 42.2 Å². The minimum Gasteiger partial charge on any atom is -0.484 e. The summed E-state index contributed by atoms with van der Waals surface area (Å²) in [6, 6.07) is 10.8. The number of nitriles is 1. The number of hydrogen-bond donors (Lipinski definition) is 3. The molecule has 1 fully saturated rings. The van der Waals surface area contributed by atoms with Crippen molar-refractivity contribution in [1.29, 1.82) is 5.26 Å². The van der Waals surface area contributed by atoms with Gasteiger partial charge in [0.15, 0.2) is 6.61 Å². The van der Waals surface area contributed by atoms with E-state index in [1.54, 1.807) is 42.3 Å². The first kappa shape index (κ1) is 41.7. The minimum atomic E-state index is -0.438. The number of aryl methyl sites for hydroxylation is 1. The van der Waals surface area contributed by atoms with Gasteiger partial charge in [-0.15, -0.1) is 0 Å². The van der Waals surface area contributed by atoms with Gasteiger partial charge in [0, 0.05) is 71.6 Å². The zero-order valence-electron chi connectivity index (χ0n) is 31.2. The average Bonchev–Trinajstić information content (AvgIpc) is 3.64. The Morgan fingerprint density at radius 1 is 0.889 bits per heavy atom. The van der Waals surface area contributed by atoms with Crippen molar-refractivity contribution < 1.29 is 33.3 Å². The van der Waals surface area contributed by atoms with Gasteiger partial charge in [-0.25, -0.2) is 4.79 Å². The Bertz CT molecular complexity index is 1820.